The highest BCUT2D eigenvalue weighted by molar-refractivity contribution is 6.30. The lowest BCUT2D eigenvalue weighted by molar-refractivity contribution is -0.597. The first-order chi connectivity index (χ1) is 13.1. The van der Waals surface area contributed by atoms with Crippen molar-refractivity contribution in [1.82, 2.24) is 20.6 Å². The first-order valence-electron chi connectivity index (χ1n) is 8.23. The summed E-state index contributed by atoms with van der Waals surface area (Å²) < 4.78 is 12.9. The molecule has 0 saturated carbocycles. The highest BCUT2D eigenvalue weighted by Gasteiger charge is 2.24. The first-order valence-corrected chi connectivity index (χ1v) is 8.61. The van der Waals surface area contributed by atoms with E-state index < -0.39 is 0 Å². The third-order valence-corrected chi connectivity index (χ3v) is 4.62. The molecule has 2 aromatic carbocycles. The van der Waals surface area contributed by atoms with Crippen LogP contribution in [0.3, 0.4) is 0 Å². The molecule has 2 heterocycles. The maximum Gasteiger partial charge on any atom is 0.483 e. The predicted molar refractivity (Wildman–Crippen MR) is 102 cm³/mol. The lowest BCUT2D eigenvalue weighted by atomic mass is 10.0. The molecule has 4 aromatic rings. The zero-order valence-corrected chi connectivity index (χ0v) is 15.8. The smallest absolute Gasteiger partial charge is 0.483 e. The van der Waals surface area contributed by atoms with Crippen molar-refractivity contribution in [3.63, 3.8) is 0 Å². The molecule has 0 unspecified atom stereocenters. The third kappa shape index (κ3) is 2.96. The number of benzene rings is 2. The van der Waals surface area contributed by atoms with E-state index in [2.05, 4.69) is 20.6 Å². The van der Waals surface area contributed by atoms with Gasteiger partial charge in [0.05, 0.1) is 25.0 Å². The number of aromatic amines is 1. The van der Waals surface area contributed by atoms with E-state index in [4.69, 9.17) is 21.1 Å². The van der Waals surface area contributed by atoms with Crippen LogP contribution in [0.4, 0.5) is 0 Å². The molecule has 0 amide bonds. The number of tetrazole rings is 1. The van der Waals surface area contributed by atoms with Crippen LogP contribution in [0.2, 0.25) is 5.02 Å². The minimum absolute atomic E-state index is 0.444. The number of rotatable bonds is 4. The van der Waals surface area contributed by atoms with Crippen molar-refractivity contribution in [3.05, 3.63) is 53.2 Å². The number of aryl methyl sites for hydroxylation is 1. The van der Waals surface area contributed by atoms with Gasteiger partial charge in [-0.3, -0.25) is 0 Å². The van der Waals surface area contributed by atoms with Gasteiger partial charge in [-0.2, -0.15) is 4.57 Å². The molecule has 2 aromatic heterocycles. The van der Waals surface area contributed by atoms with E-state index in [0.29, 0.717) is 22.5 Å². The summed E-state index contributed by atoms with van der Waals surface area (Å²) in [6.07, 6.45) is 0. The van der Waals surface area contributed by atoms with Gasteiger partial charge in [-0.05, 0) is 42.6 Å². The fourth-order valence-electron chi connectivity index (χ4n) is 3.23. The Morgan fingerprint density at radius 2 is 1.81 bits per heavy atom. The molecule has 0 fully saturated rings. The average Bonchev–Trinajstić information content (AvgIpc) is 3.20. The Morgan fingerprint density at radius 3 is 2.48 bits per heavy atom. The van der Waals surface area contributed by atoms with Gasteiger partial charge in [0.1, 0.15) is 5.69 Å². The van der Waals surface area contributed by atoms with Crippen LogP contribution in [0, 0.1) is 6.92 Å². The molecular weight excluding hydrogens is 366 g/mol. The van der Waals surface area contributed by atoms with Gasteiger partial charge in [0, 0.05) is 26.3 Å². The summed E-state index contributed by atoms with van der Waals surface area (Å²) in [5.74, 6) is 1.75. The van der Waals surface area contributed by atoms with Crippen LogP contribution in [-0.4, -0.2) is 34.8 Å². The van der Waals surface area contributed by atoms with Crippen LogP contribution in [0.25, 0.3) is 28.0 Å². The summed E-state index contributed by atoms with van der Waals surface area (Å²) in [7, 11) is 3.24. The molecule has 0 aliphatic heterocycles. The van der Waals surface area contributed by atoms with Gasteiger partial charge in [-0.1, -0.05) is 28.9 Å². The highest BCUT2D eigenvalue weighted by atomic mass is 35.5. The van der Waals surface area contributed by atoms with Gasteiger partial charge in [-0.25, -0.2) is 0 Å². The third-order valence-electron chi connectivity index (χ3n) is 4.38. The number of pyridine rings is 1. The van der Waals surface area contributed by atoms with E-state index in [1.165, 1.54) is 0 Å². The largest absolute Gasteiger partial charge is 0.493 e. The summed E-state index contributed by atoms with van der Waals surface area (Å²) >= 11 is 6.27. The fourth-order valence-corrected chi connectivity index (χ4v) is 3.43. The Bertz CT molecular complexity index is 1130. The molecule has 0 aliphatic carbocycles. The van der Waals surface area contributed by atoms with E-state index in [-0.39, 0.29) is 0 Å². The summed E-state index contributed by atoms with van der Waals surface area (Å²) in [6, 6.07) is 13.6. The summed E-state index contributed by atoms with van der Waals surface area (Å²) in [5, 5.41) is 17.1. The second-order valence-corrected chi connectivity index (χ2v) is 6.42. The monoisotopic (exact) mass is 382 g/mol. The van der Waals surface area contributed by atoms with E-state index in [9.17, 15) is 0 Å². The second kappa shape index (κ2) is 6.85. The van der Waals surface area contributed by atoms with Crippen molar-refractivity contribution in [2.75, 3.05) is 14.2 Å². The quantitative estimate of drug-likeness (QED) is 0.548. The molecule has 8 heteroatoms. The minimum Gasteiger partial charge on any atom is -0.493 e. The van der Waals surface area contributed by atoms with Crippen molar-refractivity contribution < 1.29 is 14.0 Å². The van der Waals surface area contributed by atoms with Gasteiger partial charge in [0.15, 0.2) is 11.5 Å². The molecule has 0 spiro atoms. The summed E-state index contributed by atoms with van der Waals surface area (Å²) in [4.78, 5) is 0. The normalized spacial score (nSPS) is 11.0. The maximum absolute atomic E-state index is 6.27. The summed E-state index contributed by atoms with van der Waals surface area (Å²) in [5.41, 5.74) is 2.74. The number of hydrogen-bond donors (Lipinski definition) is 1. The van der Waals surface area contributed by atoms with Crippen molar-refractivity contribution in [1.29, 1.82) is 0 Å². The molecule has 0 aliphatic rings. The van der Waals surface area contributed by atoms with Crippen LogP contribution in [0.1, 0.15) is 5.69 Å². The number of nitrogens with one attached hydrogen (secondary N) is 1. The Balaban J connectivity index is 2.16. The van der Waals surface area contributed by atoms with Gasteiger partial charge >= 0.3 is 5.95 Å². The Morgan fingerprint density at radius 1 is 1.04 bits per heavy atom. The zero-order chi connectivity index (χ0) is 19.0. The number of H-pyrrole nitrogens is 1. The number of aromatic nitrogens is 5. The molecule has 27 heavy (non-hydrogen) atoms. The summed E-state index contributed by atoms with van der Waals surface area (Å²) in [6.45, 7) is 1.99. The lowest BCUT2D eigenvalue weighted by Gasteiger charge is -2.15. The molecule has 0 radical (unpaired) electrons. The van der Waals surface area contributed by atoms with Gasteiger partial charge in [0.2, 0.25) is 0 Å². The Hall–Kier alpha value is -3.19. The van der Waals surface area contributed by atoms with E-state index in [1.54, 1.807) is 14.2 Å². The maximum atomic E-state index is 6.27. The Kier molecular flexibility index (Phi) is 4.37. The number of halogens is 1. The molecule has 4 rings (SSSR count). The molecule has 0 bridgehead atoms. The first kappa shape index (κ1) is 17.2. The van der Waals surface area contributed by atoms with Crippen LogP contribution in [0.15, 0.2) is 42.5 Å². The van der Waals surface area contributed by atoms with E-state index in [1.807, 2.05) is 54.0 Å². The molecule has 0 atom stereocenters. The molecule has 1 N–H and O–H groups in total. The number of ether oxygens (including phenoxy) is 2. The van der Waals surface area contributed by atoms with Crippen LogP contribution in [-0.2, 0) is 0 Å². The SMILES string of the molecule is COc1cc2cc(C)[n+](-c3nn[nH]n3)c(-c3cccc(Cl)c3)c2cc1OC. The van der Waals surface area contributed by atoms with Crippen molar-refractivity contribution in [3.8, 4) is 28.7 Å². The van der Waals surface area contributed by atoms with Crippen LogP contribution in [0.5, 0.6) is 11.5 Å². The topological polar surface area (TPSA) is 76.8 Å². The molecular formula is C19H17ClN5O2+. The molecule has 7 nitrogen and oxygen atoms in total. The van der Waals surface area contributed by atoms with Gasteiger partial charge in [0.25, 0.3) is 0 Å². The second-order valence-electron chi connectivity index (χ2n) is 5.99. The standard InChI is InChI=1S/C19H17ClN5O2/c1-11-7-13-9-16(26-2)17(27-3)10-15(13)18(12-5-4-6-14(20)8-12)25(11)19-21-23-24-22-19/h4-10H,1-3H3,(H,21,22,23,24)/q+1. The molecule has 0 saturated heterocycles. The zero-order valence-electron chi connectivity index (χ0n) is 15.0. The average molecular weight is 383 g/mol. The van der Waals surface area contributed by atoms with E-state index in [0.717, 1.165) is 27.7 Å². The fraction of sp³-hybridized carbons (Fsp3) is 0.158. The van der Waals surface area contributed by atoms with Crippen molar-refractivity contribution in [2.24, 2.45) is 0 Å². The van der Waals surface area contributed by atoms with Crippen LogP contribution >= 0.6 is 11.6 Å². The predicted octanol–water partition coefficient (Wildman–Crippen LogP) is 3.28. The number of fused-ring (bicyclic) bond motifs is 1. The number of methoxy groups -OCH3 is 2. The highest BCUT2D eigenvalue weighted by Crippen LogP contribution is 2.36. The molecule has 136 valence electrons. The van der Waals surface area contributed by atoms with Crippen molar-refractivity contribution in [2.45, 2.75) is 6.92 Å². The van der Waals surface area contributed by atoms with Crippen LogP contribution < -0.4 is 14.0 Å². The van der Waals surface area contributed by atoms with Gasteiger partial charge < -0.3 is 9.47 Å². The Labute approximate surface area is 160 Å². The minimum atomic E-state index is 0.444. The number of nitrogens with zero attached hydrogens (tertiary/aromatic N) is 4. The van der Waals surface area contributed by atoms with E-state index >= 15 is 0 Å². The lowest BCUT2D eigenvalue weighted by Crippen LogP contribution is -2.38. The van der Waals surface area contributed by atoms with Gasteiger partial charge in [-0.15, -0.1) is 0 Å². The number of hydrogen-bond acceptors (Lipinski definition) is 5. The van der Waals surface area contributed by atoms with Crippen molar-refractivity contribution >= 4 is 22.4 Å².